The van der Waals surface area contributed by atoms with E-state index in [1.807, 2.05) is 11.7 Å². The second-order valence-corrected chi connectivity index (χ2v) is 4.04. The van der Waals surface area contributed by atoms with Crippen molar-refractivity contribution in [3.63, 3.8) is 0 Å². The number of nitrogens with zero attached hydrogens (tertiary/aromatic N) is 2. The van der Waals surface area contributed by atoms with E-state index < -0.39 is 0 Å². The highest BCUT2D eigenvalue weighted by Gasteiger charge is 2.06. The van der Waals surface area contributed by atoms with Crippen LogP contribution in [0, 0.1) is 0 Å². The molecule has 1 aromatic heterocycles. The Balaban J connectivity index is 2.12. The number of aryl methyl sites for hydroxylation is 2. The summed E-state index contributed by atoms with van der Waals surface area (Å²) in [5.74, 6) is 0. The molecule has 0 saturated carbocycles. The minimum Gasteiger partial charge on any atom is -0.317 e. The van der Waals surface area contributed by atoms with Gasteiger partial charge in [-0.25, -0.2) is 0 Å². The van der Waals surface area contributed by atoms with Crippen LogP contribution in [0.15, 0.2) is 24.3 Å². The lowest BCUT2D eigenvalue weighted by Crippen LogP contribution is -2.14. The minimum absolute atomic E-state index is 1.04. The smallest absolute Gasteiger partial charge is 0.0703 e. The summed E-state index contributed by atoms with van der Waals surface area (Å²) in [6.45, 7) is 4.25. The molecule has 0 saturated heterocycles. The standard InChI is InChI=1S/C13H19N3/c1-3-14-10-6-8-12-11-7-4-5-9-13(11)16(2)15-12/h4-5,7,9,14H,3,6,8,10H2,1-2H3. The third kappa shape index (κ3) is 2.25. The van der Waals surface area contributed by atoms with Gasteiger partial charge in [-0.1, -0.05) is 25.1 Å². The molecule has 0 fully saturated rings. The maximum Gasteiger partial charge on any atom is 0.0703 e. The molecular formula is C13H19N3. The molecule has 16 heavy (non-hydrogen) atoms. The van der Waals surface area contributed by atoms with Crippen LogP contribution in [-0.2, 0) is 13.5 Å². The van der Waals surface area contributed by atoms with Gasteiger partial charge in [-0.2, -0.15) is 5.10 Å². The summed E-state index contributed by atoms with van der Waals surface area (Å²) in [6.07, 6.45) is 2.20. The molecule has 0 aliphatic carbocycles. The molecule has 0 amide bonds. The lowest BCUT2D eigenvalue weighted by molar-refractivity contribution is 0.659. The molecule has 0 unspecified atom stereocenters. The summed E-state index contributed by atoms with van der Waals surface area (Å²) < 4.78 is 1.97. The predicted octanol–water partition coefficient (Wildman–Crippen LogP) is 2.12. The van der Waals surface area contributed by atoms with Crippen molar-refractivity contribution in [2.75, 3.05) is 13.1 Å². The molecule has 0 atom stereocenters. The van der Waals surface area contributed by atoms with Crippen molar-refractivity contribution in [3.8, 4) is 0 Å². The van der Waals surface area contributed by atoms with E-state index in [4.69, 9.17) is 0 Å². The van der Waals surface area contributed by atoms with E-state index in [0.717, 1.165) is 25.9 Å². The van der Waals surface area contributed by atoms with Crippen LogP contribution in [0.3, 0.4) is 0 Å². The highest BCUT2D eigenvalue weighted by molar-refractivity contribution is 5.81. The number of benzene rings is 1. The van der Waals surface area contributed by atoms with E-state index in [-0.39, 0.29) is 0 Å². The summed E-state index contributed by atoms with van der Waals surface area (Å²) in [7, 11) is 2.01. The Kier molecular flexibility index (Phi) is 3.57. The van der Waals surface area contributed by atoms with Crippen LogP contribution >= 0.6 is 0 Å². The molecule has 3 heteroatoms. The zero-order valence-electron chi connectivity index (χ0n) is 10.0. The Hall–Kier alpha value is -1.35. The average molecular weight is 217 g/mol. The first-order chi connectivity index (χ1) is 7.83. The lowest BCUT2D eigenvalue weighted by atomic mass is 10.1. The van der Waals surface area contributed by atoms with Crippen LogP contribution in [0.1, 0.15) is 19.0 Å². The molecule has 3 nitrogen and oxygen atoms in total. The molecule has 2 aromatic rings. The number of hydrogen-bond donors (Lipinski definition) is 1. The topological polar surface area (TPSA) is 29.9 Å². The third-order valence-corrected chi connectivity index (χ3v) is 2.85. The van der Waals surface area contributed by atoms with Gasteiger partial charge in [0.2, 0.25) is 0 Å². The molecule has 0 aliphatic rings. The Morgan fingerprint density at radius 3 is 2.94 bits per heavy atom. The van der Waals surface area contributed by atoms with Crippen molar-refractivity contribution in [1.29, 1.82) is 0 Å². The first kappa shape index (κ1) is 11.1. The normalized spacial score (nSPS) is 11.1. The van der Waals surface area contributed by atoms with Crippen LogP contribution in [0.25, 0.3) is 10.9 Å². The fourth-order valence-electron chi connectivity index (χ4n) is 2.03. The maximum atomic E-state index is 4.58. The van der Waals surface area contributed by atoms with Crippen molar-refractivity contribution in [2.24, 2.45) is 7.05 Å². The van der Waals surface area contributed by atoms with Crippen LogP contribution in [0.2, 0.25) is 0 Å². The highest BCUT2D eigenvalue weighted by atomic mass is 15.3. The maximum absolute atomic E-state index is 4.58. The van der Waals surface area contributed by atoms with Crippen molar-refractivity contribution in [3.05, 3.63) is 30.0 Å². The summed E-state index contributed by atoms with van der Waals surface area (Å²) >= 11 is 0. The van der Waals surface area contributed by atoms with Gasteiger partial charge >= 0.3 is 0 Å². The van der Waals surface area contributed by atoms with Gasteiger partial charge in [0.05, 0.1) is 11.2 Å². The summed E-state index contributed by atoms with van der Waals surface area (Å²) in [5.41, 5.74) is 2.44. The van der Waals surface area contributed by atoms with Crippen LogP contribution in [0.5, 0.6) is 0 Å². The van der Waals surface area contributed by atoms with Gasteiger partial charge in [-0.3, -0.25) is 4.68 Å². The molecule has 1 heterocycles. The molecule has 1 aromatic carbocycles. The third-order valence-electron chi connectivity index (χ3n) is 2.85. The average Bonchev–Trinajstić information content (AvgIpc) is 2.63. The van der Waals surface area contributed by atoms with Crippen LogP contribution in [0.4, 0.5) is 0 Å². The van der Waals surface area contributed by atoms with Crippen molar-refractivity contribution >= 4 is 10.9 Å². The number of para-hydroxylation sites is 1. The second-order valence-electron chi connectivity index (χ2n) is 4.04. The first-order valence-electron chi connectivity index (χ1n) is 5.94. The molecule has 2 rings (SSSR count). The fourth-order valence-corrected chi connectivity index (χ4v) is 2.03. The van der Waals surface area contributed by atoms with E-state index in [9.17, 15) is 0 Å². The lowest BCUT2D eigenvalue weighted by Gasteiger charge is -1.99. The van der Waals surface area contributed by atoms with Gasteiger partial charge in [-0.15, -0.1) is 0 Å². The monoisotopic (exact) mass is 217 g/mol. The Bertz CT molecular complexity index is 459. The Morgan fingerprint density at radius 2 is 2.12 bits per heavy atom. The molecule has 1 N–H and O–H groups in total. The fraction of sp³-hybridized carbons (Fsp3) is 0.462. The molecule has 0 radical (unpaired) electrons. The zero-order chi connectivity index (χ0) is 11.4. The highest BCUT2D eigenvalue weighted by Crippen LogP contribution is 2.18. The summed E-state index contributed by atoms with van der Waals surface area (Å²) in [4.78, 5) is 0. The zero-order valence-corrected chi connectivity index (χ0v) is 10.0. The van der Waals surface area contributed by atoms with Gasteiger partial charge in [0.15, 0.2) is 0 Å². The van der Waals surface area contributed by atoms with E-state index >= 15 is 0 Å². The number of rotatable bonds is 5. The van der Waals surface area contributed by atoms with Gasteiger partial charge in [0.25, 0.3) is 0 Å². The Labute approximate surface area is 96.5 Å². The number of aromatic nitrogens is 2. The first-order valence-corrected chi connectivity index (χ1v) is 5.94. The minimum atomic E-state index is 1.04. The molecule has 0 bridgehead atoms. The number of fused-ring (bicyclic) bond motifs is 1. The summed E-state index contributed by atoms with van der Waals surface area (Å²) in [6, 6.07) is 8.42. The quantitative estimate of drug-likeness (QED) is 0.777. The molecule has 0 spiro atoms. The van der Waals surface area contributed by atoms with E-state index in [0.29, 0.717) is 0 Å². The van der Waals surface area contributed by atoms with Gasteiger partial charge < -0.3 is 5.32 Å². The number of hydrogen-bond acceptors (Lipinski definition) is 2. The van der Waals surface area contributed by atoms with E-state index in [1.165, 1.54) is 16.6 Å². The largest absolute Gasteiger partial charge is 0.317 e. The molecular weight excluding hydrogens is 198 g/mol. The summed E-state index contributed by atoms with van der Waals surface area (Å²) in [5, 5.41) is 9.21. The van der Waals surface area contributed by atoms with Gasteiger partial charge in [-0.05, 0) is 32.0 Å². The number of nitrogens with one attached hydrogen (secondary N) is 1. The van der Waals surface area contributed by atoms with E-state index in [2.05, 4.69) is 41.6 Å². The Morgan fingerprint density at radius 1 is 1.31 bits per heavy atom. The van der Waals surface area contributed by atoms with Crippen molar-refractivity contribution < 1.29 is 0 Å². The molecule has 0 aliphatic heterocycles. The van der Waals surface area contributed by atoms with Crippen LogP contribution in [-0.4, -0.2) is 22.9 Å². The van der Waals surface area contributed by atoms with Crippen LogP contribution < -0.4 is 5.32 Å². The second kappa shape index (κ2) is 5.12. The van der Waals surface area contributed by atoms with E-state index in [1.54, 1.807) is 0 Å². The predicted molar refractivity (Wildman–Crippen MR) is 67.6 cm³/mol. The molecule has 86 valence electrons. The van der Waals surface area contributed by atoms with Crippen molar-refractivity contribution in [1.82, 2.24) is 15.1 Å². The SMILES string of the molecule is CCNCCCc1nn(C)c2ccccc12. The van der Waals surface area contributed by atoms with Crippen molar-refractivity contribution in [2.45, 2.75) is 19.8 Å². The van der Waals surface area contributed by atoms with Gasteiger partial charge in [0, 0.05) is 12.4 Å². The van der Waals surface area contributed by atoms with Gasteiger partial charge in [0.1, 0.15) is 0 Å².